The summed E-state index contributed by atoms with van der Waals surface area (Å²) in [6.07, 6.45) is 6.52. The first kappa shape index (κ1) is 19.8. The second-order valence-corrected chi connectivity index (χ2v) is 9.10. The van der Waals surface area contributed by atoms with Gasteiger partial charge in [0.2, 0.25) is 0 Å². The molecule has 2 aromatic rings. The fraction of sp³-hybridized carbons (Fsp3) is 0.571. The number of aryl methyl sites for hydroxylation is 1. The van der Waals surface area contributed by atoms with Crippen molar-refractivity contribution in [2.75, 3.05) is 44.4 Å². The van der Waals surface area contributed by atoms with Crippen LogP contribution in [0.3, 0.4) is 0 Å². The minimum Gasteiger partial charge on any atom is -0.447 e. The average Bonchev–Trinajstić information content (AvgIpc) is 3.32. The molecule has 0 radical (unpaired) electrons. The highest BCUT2D eigenvalue weighted by Crippen LogP contribution is 2.39. The highest BCUT2D eigenvalue weighted by atomic mass is 16.6. The highest BCUT2D eigenvalue weighted by Gasteiger charge is 2.52. The molecule has 0 aromatic carbocycles. The summed E-state index contributed by atoms with van der Waals surface area (Å²) in [5.74, 6) is 0.726. The van der Waals surface area contributed by atoms with Crippen LogP contribution >= 0.6 is 0 Å². The summed E-state index contributed by atoms with van der Waals surface area (Å²) in [6, 6.07) is 2.12. The van der Waals surface area contributed by atoms with E-state index in [0.717, 1.165) is 37.3 Å². The Balaban J connectivity index is 1.34. The Morgan fingerprint density at radius 1 is 1.23 bits per heavy atom. The van der Waals surface area contributed by atoms with Gasteiger partial charge in [-0.25, -0.2) is 14.8 Å². The summed E-state index contributed by atoms with van der Waals surface area (Å²) in [7, 11) is 1.82. The van der Waals surface area contributed by atoms with Crippen molar-refractivity contribution in [1.29, 1.82) is 5.26 Å². The predicted octanol–water partition coefficient (Wildman–Crippen LogP) is 1.58. The van der Waals surface area contributed by atoms with E-state index in [9.17, 15) is 10.1 Å². The topological polar surface area (TPSA) is 109 Å². The van der Waals surface area contributed by atoms with Gasteiger partial charge in [-0.15, -0.1) is 0 Å². The Morgan fingerprint density at radius 3 is 2.61 bits per heavy atom. The molecule has 0 atom stereocenters. The number of nitrogens with zero attached hydrogens (tertiary/aromatic N) is 7. The van der Waals surface area contributed by atoms with E-state index in [0.29, 0.717) is 32.1 Å². The molecule has 10 nitrogen and oxygen atoms in total. The van der Waals surface area contributed by atoms with Crippen LogP contribution in [-0.4, -0.2) is 75.7 Å². The molecule has 3 fully saturated rings. The van der Waals surface area contributed by atoms with Crippen LogP contribution in [0, 0.1) is 16.7 Å². The fourth-order valence-corrected chi connectivity index (χ4v) is 4.63. The quantitative estimate of drug-likeness (QED) is 0.729. The number of aromatic nitrogens is 4. The number of nitriles is 1. The van der Waals surface area contributed by atoms with Crippen molar-refractivity contribution < 1.29 is 14.3 Å². The molecule has 1 amide bonds. The Kier molecular flexibility index (Phi) is 4.59. The van der Waals surface area contributed by atoms with Crippen LogP contribution in [0.4, 0.5) is 10.6 Å². The number of carbonyl (C=O) groups is 1. The minimum atomic E-state index is -0.279. The average molecular weight is 423 g/mol. The van der Waals surface area contributed by atoms with Crippen LogP contribution in [-0.2, 0) is 16.5 Å². The summed E-state index contributed by atoms with van der Waals surface area (Å²) < 4.78 is 12.5. The van der Waals surface area contributed by atoms with Gasteiger partial charge in [0.05, 0.1) is 31.1 Å². The Labute approximate surface area is 180 Å². The fourth-order valence-electron chi connectivity index (χ4n) is 4.63. The van der Waals surface area contributed by atoms with E-state index in [1.54, 1.807) is 17.1 Å². The van der Waals surface area contributed by atoms with Crippen molar-refractivity contribution in [3.8, 4) is 17.3 Å². The summed E-state index contributed by atoms with van der Waals surface area (Å²) >= 11 is 0. The molecule has 0 unspecified atom stereocenters. The molecule has 3 aliphatic heterocycles. The molecule has 10 heteroatoms. The first-order valence-corrected chi connectivity index (χ1v) is 10.4. The van der Waals surface area contributed by atoms with Gasteiger partial charge < -0.3 is 14.4 Å². The van der Waals surface area contributed by atoms with Crippen LogP contribution in [0.1, 0.15) is 25.5 Å². The van der Waals surface area contributed by atoms with Crippen molar-refractivity contribution in [2.45, 2.75) is 25.3 Å². The minimum absolute atomic E-state index is 0.00468. The Morgan fingerprint density at radius 2 is 2.00 bits per heavy atom. The number of amides is 1. The van der Waals surface area contributed by atoms with Gasteiger partial charge >= 0.3 is 6.09 Å². The maximum absolute atomic E-state index is 12.5. The molecular formula is C21H25N7O3. The van der Waals surface area contributed by atoms with Crippen molar-refractivity contribution in [2.24, 2.45) is 12.5 Å². The zero-order valence-electron chi connectivity index (χ0n) is 17.7. The van der Waals surface area contributed by atoms with Gasteiger partial charge in [-0.2, -0.15) is 10.4 Å². The van der Waals surface area contributed by atoms with Gasteiger partial charge in [0.1, 0.15) is 24.2 Å². The number of rotatable bonds is 4. The molecule has 5 heterocycles. The first-order chi connectivity index (χ1) is 14.9. The molecule has 31 heavy (non-hydrogen) atoms. The van der Waals surface area contributed by atoms with E-state index in [1.807, 2.05) is 18.1 Å². The molecule has 162 valence electrons. The maximum Gasteiger partial charge on any atom is 0.410 e. The number of carbonyl (C=O) groups excluding carboxylic acids is 1. The zero-order valence-corrected chi connectivity index (χ0v) is 17.7. The number of piperidine rings is 1. The van der Waals surface area contributed by atoms with Gasteiger partial charge in [0, 0.05) is 43.9 Å². The van der Waals surface area contributed by atoms with E-state index in [2.05, 4.69) is 28.0 Å². The number of cyclic esters (lactones) is 1. The van der Waals surface area contributed by atoms with Crippen LogP contribution in [0.15, 0.2) is 18.6 Å². The van der Waals surface area contributed by atoms with Crippen LogP contribution in [0.25, 0.3) is 11.3 Å². The van der Waals surface area contributed by atoms with Gasteiger partial charge in [-0.3, -0.25) is 9.58 Å². The number of hydrogen-bond acceptors (Lipinski definition) is 8. The van der Waals surface area contributed by atoms with E-state index < -0.39 is 0 Å². The number of hydrogen-bond donors (Lipinski definition) is 0. The molecule has 1 spiro atoms. The van der Waals surface area contributed by atoms with Gasteiger partial charge in [0.25, 0.3) is 0 Å². The lowest BCUT2D eigenvalue weighted by Gasteiger charge is -2.47. The third-order valence-corrected chi connectivity index (χ3v) is 6.56. The number of ether oxygens (including phenoxy) is 2. The number of anilines is 1. The van der Waals surface area contributed by atoms with Crippen molar-refractivity contribution in [1.82, 2.24) is 24.6 Å². The predicted molar refractivity (Wildman–Crippen MR) is 110 cm³/mol. The normalized spacial score (nSPS) is 21.6. The molecule has 0 N–H and O–H groups in total. The van der Waals surface area contributed by atoms with Crippen LogP contribution in [0.2, 0.25) is 0 Å². The second-order valence-electron chi connectivity index (χ2n) is 9.10. The molecule has 5 rings (SSSR count). The molecular weight excluding hydrogens is 398 g/mol. The van der Waals surface area contributed by atoms with E-state index >= 15 is 0 Å². The summed E-state index contributed by atoms with van der Waals surface area (Å²) in [5, 5.41) is 13.6. The lowest BCUT2D eigenvalue weighted by molar-refractivity contribution is -0.117. The highest BCUT2D eigenvalue weighted by molar-refractivity contribution is 5.71. The lowest BCUT2D eigenvalue weighted by Crippen LogP contribution is -2.59. The second kappa shape index (κ2) is 7.20. The van der Waals surface area contributed by atoms with Crippen molar-refractivity contribution in [3.63, 3.8) is 0 Å². The molecule has 3 saturated heterocycles. The molecule has 0 saturated carbocycles. The van der Waals surface area contributed by atoms with E-state index in [-0.39, 0.29) is 22.7 Å². The molecule has 0 aliphatic carbocycles. The third kappa shape index (κ3) is 3.39. The van der Waals surface area contributed by atoms with Gasteiger partial charge in [0.15, 0.2) is 5.69 Å². The Bertz CT molecular complexity index is 1050. The van der Waals surface area contributed by atoms with E-state index in [1.165, 1.54) is 0 Å². The van der Waals surface area contributed by atoms with Crippen LogP contribution < -0.4 is 4.90 Å². The van der Waals surface area contributed by atoms with E-state index in [4.69, 9.17) is 14.5 Å². The third-order valence-electron chi connectivity index (χ3n) is 6.56. The SMILES string of the molecule is Cn1cc(-c2nc(N3CCC4(CC3)COC(=O)N4CC3(C)COC3)cnc2C#N)cn1. The summed E-state index contributed by atoms with van der Waals surface area (Å²) in [6.45, 7) is 6.05. The zero-order chi connectivity index (χ0) is 21.6. The van der Waals surface area contributed by atoms with Crippen molar-refractivity contribution in [3.05, 3.63) is 24.3 Å². The Hall–Kier alpha value is -3.19. The molecule has 3 aliphatic rings. The smallest absolute Gasteiger partial charge is 0.410 e. The lowest BCUT2D eigenvalue weighted by atomic mass is 9.82. The molecule has 2 aromatic heterocycles. The van der Waals surface area contributed by atoms with Crippen molar-refractivity contribution >= 4 is 11.9 Å². The summed E-state index contributed by atoms with van der Waals surface area (Å²) in [4.78, 5) is 25.6. The monoisotopic (exact) mass is 423 g/mol. The molecule has 0 bridgehead atoms. The van der Waals surface area contributed by atoms with Gasteiger partial charge in [-0.1, -0.05) is 6.92 Å². The first-order valence-electron chi connectivity index (χ1n) is 10.4. The standard InChI is InChI=1S/C21H25N7O3/c1-20(12-30-13-20)11-28-19(29)31-14-21(28)3-5-27(6-4-21)17-9-23-16(7-22)18(25-17)15-8-24-26(2)10-15/h8-10H,3-6,11-14H2,1-2H3. The maximum atomic E-state index is 12.5. The van der Waals surface area contributed by atoms with Gasteiger partial charge in [-0.05, 0) is 12.8 Å². The summed E-state index contributed by atoms with van der Waals surface area (Å²) in [5.41, 5.74) is 1.30. The van der Waals surface area contributed by atoms with Crippen LogP contribution in [0.5, 0.6) is 0 Å². The largest absolute Gasteiger partial charge is 0.447 e.